The monoisotopic (exact) mass is 349 g/mol. The quantitative estimate of drug-likeness (QED) is 0.342. The highest BCUT2D eigenvalue weighted by Gasteiger charge is 2.06. The van der Waals surface area contributed by atoms with E-state index in [1.807, 2.05) is 12.1 Å². The van der Waals surface area contributed by atoms with Crippen molar-refractivity contribution in [1.29, 1.82) is 0 Å². The molecule has 0 atom stereocenters. The topological polar surface area (TPSA) is 4.93 Å². The minimum atomic E-state index is 0.967. The van der Waals surface area contributed by atoms with Gasteiger partial charge in [-0.2, -0.15) is 0 Å². The van der Waals surface area contributed by atoms with Crippen LogP contribution in [-0.4, -0.2) is 4.57 Å². The van der Waals surface area contributed by atoms with Crippen molar-refractivity contribution < 1.29 is 0 Å². The molecule has 0 bridgehead atoms. The molecule has 0 N–H and O–H groups in total. The lowest BCUT2D eigenvalue weighted by Gasteiger charge is -2.01. The molecule has 0 spiro atoms. The van der Waals surface area contributed by atoms with Gasteiger partial charge in [-0.3, -0.25) is 0 Å². The summed E-state index contributed by atoms with van der Waals surface area (Å²) < 4.78 is 2.31. The third-order valence-corrected chi connectivity index (χ3v) is 4.80. The number of hydrogen-bond acceptors (Lipinski definition) is 0. The molecule has 132 valence electrons. The molecule has 0 aliphatic heterocycles. The Morgan fingerprint density at radius 3 is 1.89 bits per heavy atom. The van der Waals surface area contributed by atoms with Gasteiger partial charge in [-0.1, -0.05) is 91.0 Å². The van der Waals surface area contributed by atoms with E-state index >= 15 is 0 Å². The third kappa shape index (κ3) is 3.93. The molecular formula is C26H23N. The van der Waals surface area contributed by atoms with Crippen molar-refractivity contribution in [1.82, 2.24) is 4.57 Å². The molecule has 0 saturated heterocycles. The van der Waals surface area contributed by atoms with Gasteiger partial charge in [0, 0.05) is 29.2 Å². The average molecular weight is 349 g/mol. The molecule has 27 heavy (non-hydrogen) atoms. The van der Waals surface area contributed by atoms with Crippen LogP contribution in [0.1, 0.15) is 29.2 Å². The molecule has 4 aromatic rings. The second-order valence-electron chi connectivity index (χ2n) is 6.64. The van der Waals surface area contributed by atoms with Crippen LogP contribution >= 0.6 is 0 Å². The summed E-state index contributed by atoms with van der Waals surface area (Å²) in [5, 5.41) is 1.29. The van der Waals surface area contributed by atoms with Crippen LogP contribution < -0.4 is 0 Å². The fraction of sp³-hybridized carbons (Fsp3) is 0.0769. The Hall–Kier alpha value is -3.32. The van der Waals surface area contributed by atoms with Crippen molar-refractivity contribution in [3.05, 3.63) is 107 Å². The van der Waals surface area contributed by atoms with Crippen LogP contribution in [-0.2, 0) is 6.54 Å². The summed E-state index contributed by atoms with van der Waals surface area (Å²) in [7, 11) is 0. The largest absolute Gasteiger partial charge is 0.347 e. The Bertz CT molecular complexity index is 1080. The van der Waals surface area contributed by atoms with E-state index in [0.29, 0.717) is 0 Å². The summed E-state index contributed by atoms with van der Waals surface area (Å²) in [6.45, 7) is 3.15. The van der Waals surface area contributed by atoms with Crippen molar-refractivity contribution in [2.45, 2.75) is 13.5 Å². The first kappa shape index (κ1) is 17.1. The molecule has 1 heterocycles. The first-order valence-corrected chi connectivity index (χ1v) is 9.42. The van der Waals surface area contributed by atoms with E-state index in [9.17, 15) is 0 Å². The highest BCUT2D eigenvalue weighted by Crippen LogP contribution is 2.26. The standard InChI is InChI=1S/C26H23N/c1-2-27-20-24(17-15-22-11-7-4-8-12-22)25-19-23(16-18-26(25)27)14-13-21-9-5-3-6-10-21/h3-20H,2H2,1H3/b14-13+,17-15+. The summed E-state index contributed by atoms with van der Waals surface area (Å²) in [6, 6.07) is 27.6. The first-order chi connectivity index (χ1) is 13.3. The van der Waals surface area contributed by atoms with Crippen molar-refractivity contribution in [2.75, 3.05) is 0 Å². The van der Waals surface area contributed by atoms with E-state index in [1.165, 1.54) is 33.2 Å². The fourth-order valence-corrected chi connectivity index (χ4v) is 3.35. The van der Waals surface area contributed by atoms with Crippen LogP contribution in [0.3, 0.4) is 0 Å². The number of rotatable bonds is 5. The van der Waals surface area contributed by atoms with Crippen molar-refractivity contribution in [2.24, 2.45) is 0 Å². The second-order valence-corrected chi connectivity index (χ2v) is 6.64. The molecule has 0 fully saturated rings. The highest BCUT2D eigenvalue weighted by molar-refractivity contribution is 5.94. The van der Waals surface area contributed by atoms with Gasteiger partial charge in [-0.25, -0.2) is 0 Å². The molecule has 0 saturated carbocycles. The number of hydrogen-bond donors (Lipinski definition) is 0. The molecule has 1 heteroatoms. The summed E-state index contributed by atoms with van der Waals surface area (Å²) in [5.74, 6) is 0. The van der Waals surface area contributed by atoms with Crippen molar-refractivity contribution in [3.63, 3.8) is 0 Å². The van der Waals surface area contributed by atoms with Gasteiger partial charge in [0.1, 0.15) is 0 Å². The lowest BCUT2D eigenvalue weighted by atomic mass is 10.1. The summed E-state index contributed by atoms with van der Waals surface area (Å²) >= 11 is 0. The van der Waals surface area contributed by atoms with Gasteiger partial charge < -0.3 is 4.57 Å². The van der Waals surface area contributed by atoms with E-state index in [1.54, 1.807) is 0 Å². The normalized spacial score (nSPS) is 11.7. The lowest BCUT2D eigenvalue weighted by Crippen LogP contribution is -1.90. The minimum Gasteiger partial charge on any atom is -0.347 e. The molecule has 0 amide bonds. The Balaban J connectivity index is 1.71. The van der Waals surface area contributed by atoms with Crippen LogP contribution in [0.2, 0.25) is 0 Å². The van der Waals surface area contributed by atoms with Gasteiger partial charge in [-0.05, 0) is 35.7 Å². The Morgan fingerprint density at radius 2 is 1.26 bits per heavy atom. The number of benzene rings is 3. The van der Waals surface area contributed by atoms with Crippen LogP contribution in [0.4, 0.5) is 0 Å². The minimum absolute atomic E-state index is 0.967. The van der Waals surface area contributed by atoms with Crippen LogP contribution in [0.15, 0.2) is 85.1 Å². The maximum Gasteiger partial charge on any atom is 0.0486 e. The van der Waals surface area contributed by atoms with Gasteiger partial charge in [0.2, 0.25) is 0 Å². The Morgan fingerprint density at radius 1 is 0.667 bits per heavy atom. The molecule has 1 nitrogen and oxygen atoms in total. The van der Waals surface area contributed by atoms with E-state index in [0.717, 1.165) is 6.54 Å². The molecule has 0 aliphatic carbocycles. The lowest BCUT2D eigenvalue weighted by molar-refractivity contribution is 0.797. The van der Waals surface area contributed by atoms with E-state index in [-0.39, 0.29) is 0 Å². The van der Waals surface area contributed by atoms with Crippen molar-refractivity contribution >= 4 is 35.2 Å². The van der Waals surface area contributed by atoms with Gasteiger partial charge in [0.05, 0.1) is 0 Å². The van der Waals surface area contributed by atoms with Crippen LogP contribution in [0, 0.1) is 0 Å². The predicted molar refractivity (Wildman–Crippen MR) is 118 cm³/mol. The number of nitrogens with zero attached hydrogens (tertiary/aromatic N) is 1. The number of aryl methyl sites for hydroxylation is 1. The van der Waals surface area contributed by atoms with Gasteiger partial charge in [-0.15, -0.1) is 0 Å². The van der Waals surface area contributed by atoms with Crippen LogP contribution in [0.5, 0.6) is 0 Å². The SMILES string of the molecule is CCn1cc(/C=C/c2ccccc2)c2cc(/C=C/c3ccccc3)ccc21. The fourth-order valence-electron chi connectivity index (χ4n) is 3.35. The van der Waals surface area contributed by atoms with Gasteiger partial charge in [0.15, 0.2) is 0 Å². The van der Waals surface area contributed by atoms with Gasteiger partial charge in [0.25, 0.3) is 0 Å². The molecule has 4 rings (SSSR count). The zero-order valence-corrected chi connectivity index (χ0v) is 15.5. The molecule has 3 aromatic carbocycles. The maximum atomic E-state index is 2.31. The second kappa shape index (κ2) is 7.92. The highest BCUT2D eigenvalue weighted by atomic mass is 14.9. The van der Waals surface area contributed by atoms with E-state index < -0.39 is 0 Å². The number of fused-ring (bicyclic) bond motifs is 1. The van der Waals surface area contributed by atoms with Crippen molar-refractivity contribution in [3.8, 4) is 0 Å². The van der Waals surface area contributed by atoms with Crippen LogP contribution in [0.25, 0.3) is 35.2 Å². The maximum absolute atomic E-state index is 2.31. The van der Waals surface area contributed by atoms with E-state index in [2.05, 4.69) is 109 Å². The molecule has 0 radical (unpaired) electrons. The summed E-state index contributed by atoms with van der Waals surface area (Å²) in [6.07, 6.45) is 11.0. The molecule has 0 aliphatic rings. The number of aromatic nitrogens is 1. The van der Waals surface area contributed by atoms with E-state index in [4.69, 9.17) is 0 Å². The Kier molecular flexibility index (Phi) is 5.02. The predicted octanol–water partition coefficient (Wildman–Crippen LogP) is 7.00. The zero-order valence-electron chi connectivity index (χ0n) is 15.5. The Labute approximate surface area is 160 Å². The first-order valence-electron chi connectivity index (χ1n) is 9.42. The molecule has 1 aromatic heterocycles. The van der Waals surface area contributed by atoms with Gasteiger partial charge >= 0.3 is 0 Å². The zero-order chi connectivity index (χ0) is 18.5. The average Bonchev–Trinajstić information content (AvgIpc) is 3.09. The molecular weight excluding hydrogens is 326 g/mol. The molecule has 0 unspecified atom stereocenters. The smallest absolute Gasteiger partial charge is 0.0486 e. The third-order valence-electron chi connectivity index (χ3n) is 4.80. The summed E-state index contributed by atoms with van der Waals surface area (Å²) in [5.41, 5.74) is 6.19. The summed E-state index contributed by atoms with van der Waals surface area (Å²) in [4.78, 5) is 0.